The number of oxazole rings is 1. The number of esters is 1. The second-order valence-electron chi connectivity index (χ2n) is 12.5. The Hall–Kier alpha value is -3.96. The van der Waals surface area contributed by atoms with E-state index in [1.54, 1.807) is 27.8 Å². The van der Waals surface area contributed by atoms with E-state index in [-0.39, 0.29) is 24.8 Å². The van der Waals surface area contributed by atoms with Crippen molar-refractivity contribution in [3.63, 3.8) is 0 Å². The molecule has 0 aliphatic carbocycles. The molecule has 11 heteroatoms. The van der Waals surface area contributed by atoms with Crippen LogP contribution in [0.5, 0.6) is 0 Å². The fraction of sp³-hybridized carbons (Fsp3) is 0.500. The minimum absolute atomic E-state index is 0.0306. The van der Waals surface area contributed by atoms with Crippen LogP contribution in [0.4, 0.5) is 11.4 Å². The van der Waals surface area contributed by atoms with E-state index in [0.29, 0.717) is 23.3 Å². The molecule has 3 N–H and O–H groups in total. The molecule has 0 fully saturated rings. The Balaban J connectivity index is 1.66. The molecule has 0 bridgehead atoms. The number of aliphatic hydroxyl groups excluding tert-OH is 1. The van der Waals surface area contributed by atoms with Gasteiger partial charge in [0.05, 0.1) is 23.8 Å². The first-order valence-electron chi connectivity index (χ1n) is 14.5. The van der Waals surface area contributed by atoms with Crippen LogP contribution in [0.25, 0.3) is 11.1 Å². The van der Waals surface area contributed by atoms with E-state index in [1.807, 2.05) is 63.9 Å². The fourth-order valence-electron chi connectivity index (χ4n) is 5.59. The van der Waals surface area contributed by atoms with E-state index in [0.717, 1.165) is 27.9 Å². The summed E-state index contributed by atoms with van der Waals surface area (Å²) < 4.78 is 11.4. The van der Waals surface area contributed by atoms with Crippen molar-refractivity contribution < 1.29 is 28.6 Å². The van der Waals surface area contributed by atoms with E-state index in [4.69, 9.17) is 9.15 Å². The van der Waals surface area contributed by atoms with Gasteiger partial charge in [0.1, 0.15) is 23.7 Å². The molecule has 232 valence electrons. The number of fused-ring (bicyclic) bond motifs is 2. The first-order valence-corrected chi connectivity index (χ1v) is 14.5. The van der Waals surface area contributed by atoms with Crippen molar-refractivity contribution in [3.05, 3.63) is 52.4 Å². The van der Waals surface area contributed by atoms with E-state index < -0.39 is 35.7 Å². The van der Waals surface area contributed by atoms with Crippen molar-refractivity contribution in [1.29, 1.82) is 0 Å². The largest absolute Gasteiger partial charge is 0.460 e. The molecule has 1 aliphatic rings. The molecule has 1 aliphatic heterocycles. The minimum atomic E-state index is -1.46. The molecule has 0 spiro atoms. The summed E-state index contributed by atoms with van der Waals surface area (Å²) in [5, 5.41) is 17.2. The Labute approximate surface area is 252 Å². The lowest BCUT2D eigenvalue weighted by molar-refractivity contribution is -0.156. The normalized spacial score (nSPS) is 17.0. The highest BCUT2D eigenvalue weighted by Crippen LogP contribution is 2.36. The predicted molar refractivity (Wildman–Crippen MR) is 165 cm³/mol. The van der Waals surface area contributed by atoms with Crippen LogP contribution in [0, 0.1) is 27.7 Å². The summed E-state index contributed by atoms with van der Waals surface area (Å²) >= 11 is 0. The van der Waals surface area contributed by atoms with Gasteiger partial charge in [-0.05, 0) is 89.9 Å². The number of ether oxygens (including phenoxy) is 1. The number of aliphatic hydroxyl groups is 1. The Bertz CT molecular complexity index is 1540. The van der Waals surface area contributed by atoms with Gasteiger partial charge in [-0.1, -0.05) is 12.1 Å². The number of aryl methyl sites for hydroxylation is 4. The lowest BCUT2D eigenvalue weighted by Crippen LogP contribution is -2.52. The maximum Gasteiger partial charge on any atom is 0.308 e. The second-order valence-corrected chi connectivity index (χ2v) is 12.5. The highest BCUT2D eigenvalue weighted by molar-refractivity contribution is 6.06. The average molecular weight is 594 g/mol. The van der Waals surface area contributed by atoms with Crippen molar-refractivity contribution >= 4 is 40.3 Å². The number of hydrogen-bond acceptors (Lipinski definition) is 9. The van der Waals surface area contributed by atoms with Gasteiger partial charge in [0.2, 0.25) is 17.7 Å². The van der Waals surface area contributed by atoms with Crippen LogP contribution < -0.4 is 20.4 Å². The molecule has 2 amide bonds. The third-order valence-electron chi connectivity index (χ3n) is 7.40. The van der Waals surface area contributed by atoms with Crippen LogP contribution in [0.15, 0.2) is 28.7 Å². The van der Waals surface area contributed by atoms with Crippen LogP contribution in [0.1, 0.15) is 61.4 Å². The molecule has 2 aromatic carbocycles. The number of carbonyl (C=O) groups is 3. The number of nitrogens with one attached hydrogen (secondary N) is 2. The first kappa shape index (κ1) is 32.0. The lowest BCUT2D eigenvalue weighted by Gasteiger charge is -2.29. The van der Waals surface area contributed by atoms with Crippen molar-refractivity contribution in [2.24, 2.45) is 0 Å². The maximum atomic E-state index is 13.7. The van der Waals surface area contributed by atoms with Crippen LogP contribution in [0.3, 0.4) is 0 Å². The topological polar surface area (TPSA) is 137 Å². The van der Waals surface area contributed by atoms with E-state index in [9.17, 15) is 19.5 Å². The number of nitrogens with zero attached hydrogens (tertiary/aromatic N) is 3. The van der Waals surface area contributed by atoms with Gasteiger partial charge in [0.15, 0.2) is 11.7 Å². The van der Waals surface area contributed by atoms with E-state index >= 15 is 0 Å². The molecular weight excluding hydrogens is 550 g/mol. The van der Waals surface area contributed by atoms with Crippen LogP contribution in [0.2, 0.25) is 0 Å². The zero-order valence-corrected chi connectivity index (χ0v) is 26.5. The average Bonchev–Trinajstić information content (AvgIpc) is 3.28. The number of aromatic nitrogens is 1. The highest BCUT2D eigenvalue weighted by atomic mass is 16.6. The summed E-state index contributed by atoms with van der Waals surface area (Å²) in [5.74, 6) is -1.46. The zero-order chi connectivity index (χ0) is 31.8. The molecule has 0 radical (unpaired) electrons. The van der Waals surface area contributed by atoms with Crippen LogP contribution in [-0.2, 0) is 19.1 Å². The number of likely N-dealkylation sites (N-methyl/N-ethyl adjacent to an activating group) is 2. The second kappa shape index (κ2) is 12.3. The molecular formula is C32H43N5O6. The SMILES string of the molecule is CN[C@H]1CN(C)c2cc(C)cc(C)c2N(CC(=O)N[C@@H](CC(=O)OC(C)(C)C)C(O)c2nc3cc(C)cc(C)c3o2)C1=O. The molecule has 3 atom stereocenters. The third kappa shape index (κ3) is 7.17. The summed E-state index contributed by atoms with van der Waals surface area (Å²) in [7, 11) is 3.62. The van der Waals surface area contributed by atoms with Crippen molar-refractivity contribution in [2.75, 3.05) is 37.0 Å². The molecule has 2 heterocycles. The Kier molecular flexibility index (Phi) is 9.17. The lowest BCUT2D eigenvalue weighted by atomic mass is 10.1. The van der Waals surface area contributed by atoms with Crippen LogP contribution in [-0.4, -0.2) is 72.7 Å². The fourth-order valence-corrected chi connectivity index (χ4v) is 5.59. The monoisotopic (exact) mass is 593 g/mol. The molecule has 11 nitrogen and oxygen atoms in total. The van der Waals surface area contributed by atoms with Gasteiger partial charge in [-0.25, -0.2) is 4.98 Å². The minimum Gasteiger partial charge on any atom is -0.460 e. The van der Waals surface area contributed by atoms with Crippen molar-refractivity contribution in [1.82, 2.24) is 15.6 Å². The summed E-state index contributed by atoms with van der Waals surface area (Å²) in [4.78, 5) is 48.2. The number of hydrogen-bond donors (Lipinski definition) is 3. The summed E-state index contributed by atoms with van der Waals surface area (Å²) in [6.07, 6.45) is -1.80. The van der Waals surface area contributed by atoms with E-state index in [1.165, 1.54) is 4.90 Å². The number of anilines is 2. The molecule has 43 heavy (non-hydrogen) atoms. The third-order valence-corrected chi connectivity index (χ3v) is 7.40. The Morgan fingerprint density at radius 2 is 1.77 bits per heavy atom. The number of amides is 2. The molecule has 0 saturated carbocycles. The molecule has 1 aromatic heterocycles. The van der Waals surface area contributed by atoms with Crippen molar-refractivity contribution in [3.8, 4) is 0 Å². The van der Waals surface area contributed by atoms with Gasteiger partial charge in [-0.15, -0.1) is 0 Å². The Morgan fingerprint density at radius 1 is 1.12 bits per heavy atom. The zero-order valence-electron chi connectivity index (χ0n) is 26.5. The van der Waals surface area contributed by atoms with Gasteiger partial charge in [-0.3, -0.25) is 19.3 Å². The van der Waals surface area contributed by atoms with Gasteiger partial charge in [-0.2, -0.15) is 0 Å². The number of benzene rings is 2. The molecule has 0 saturated heterocycles. The molecule has 1 unspecified atom stereocenters. The standard InChI is InChI=1S/C32H43N5O6/c1-17-11-20(4)29-22(12-17)35-30(42-29)28(40)21(14-26(39)43-32(5,6)7)34-25(38)16-37-27-19(3)10-18(2)13-24(27)36(9)15-23(33-8)31(37)41/h10-13,21,23,28,33,40H,14-16H2,1-9H3,(H,34,38)/t21-,23-,28?/m0/s1. The van der Waals surface area contributed by atoms with Crippen LogP contribution >= 0.6 is 0 Å². The summed E-state index contributed by atoms with van der Waals surface area (Å²) in [5.41, 5.74) is 5.50. The Morgan fingerprint density at radius 3 is 2.42 bits per heavy atom. The quantitative estimate of drug-likeness (QED) is 0.336. The van der Waals surface area contributed by atoms with Gasteiger partial charge >= 0.3 is 5.97 Å². The highest BCUT2D eigenvalue weighted by Gasteiger charge is 2.36. The molecule has 4 rings (SSSR count). The van der Waals surface area contributed by atoms with Gasteiger partial charge < -0.3 is 29.8 Å². The smallest absolute Gasteiger partial charge is 0.308 e. The van der Waals surface area contributed by atoms with E-state index in [2.05, 4.69) is 15.6 Å². The molecule has 3 aromatic rings. The van der Waals surface area contributed by atoms with Gasteiger partial charge in [0.25, 0.3) is 0 Å². The number of carbonyl (C=O) groups excluding carboxylic acids is 3. The van der Waals surface area contributed by atoms with Gasteiger partial charge in [0, 0.05) is 13.6 Å². The summed E-state index contributed by atoms with van der Waals surface area (Å²) in [6, 6.07) is 6.05. The maximum absolute atomic E-state index is 13.7. The van der Waals surface area contributed by atoms with Crippen molar-refractivity contribution in [2.45, 2.75) is 78.7 Å². The predicted octanol–water partition coefficient (Wildman–Crippen LogP) is 3.38. The number of rotatable bonds is 8. The first-order chi connectivity index (χ1) is 20.1. The summed E-state index contributed by atoms with van der Waals surface area (Å²) in [6.45, 7) is 13.0.